The molecule has 0 spiro atoms. The minimum atomic E-state index is -0.718. The molecule has 2 atom stereocenters. The van der Waals surface area contributed by atoms with E-state index in [1.54, 1.807) is 34.1 Å². The zero-order chi connectivity index (χ0) is 25.4. The van der Waals surface area contributed by atoms with Gasteiger partial charge in [-0.1, -0.05) is 6.07 Å². The standard InChI is InChI=1S/C25H35N3O7/c1-5-34-23(29)17-8-7-11-28(13-17)14-19-21(24(30)35-6-2)22(27-25(31)26-19)16-9-10-20(33-4)18(12-16)15-32-3/h9-10,12,17,22H,5-8,11,13-15H2,1-4H3,(H2,26,27,31)/t17-,22+/m0/s1. The number of esters is 2. The van der Waals surface area contributed by atoms with Gasteiger partial charge in [-0.05, 0) is 50.9 Å². The van der Waals surface area contributed by atoms with Crippen molar-refractivity contribution in [1.29, 1.82) is 0 Å². The molecule has 35 heavy (non-hydrogen) atoms. The summed E-state index contributed by atoms with van der Waals surface area (Å²) in [4.78, 5) is 40.1. The van der Waals surface area contributed by atoms with Crippen LogP contribution in [0, 0.1) is 5.92 Å². The molecule has 10 nitrogen and oxygen atoms in total. The normalized spacial score (nSPS) is 20.6. The van der Waals surface area contributed by atoms with E-state index in [9.17, 15) is 14.4 Å². The van der Waals surface area contributed by atoms with E-state index in [-0.39, 0.29) is 18.5 Å². The van der Waals surface area contributed by atoms with Crippen LogP contribution in [-0.4, -0.2) is 69.9 Å². The number of carbonyl (C=O) groups excluding carboxylic acids is 3. The smallest absolute Gasteiger partial charge is 0.338 e. The monoisotopic (exact) mass is 489 g/mol. The van der Waals surface area contributed by atoms with Crippen LogP contribution in [0.5, 0.6) is 5.75 Å². The van der Waals surface area contributed by atoms with Gasteiger partial charge in [0.05, 0.1) is 44.5 Å². The summed E-state index contributed by atoms with van der Waals surface area (Å²) < 4.78 is 21.3. The van der Waals surface area contributed by atoms with Gasteiger partial charge in [-0.25, -0.2) is 9.59 Å². The van der Waals surface area contributed by atoms with Gasteiger partial charge >= 0.3 is 18.0 Å². The Balaban J connectivity index is 1.96. The molecule has 2 N–H and O–H groups in total. The summed E-state index contributed by atoms with van der Waals surface area (Å²) in [6.45, 7) is 5.90. The SMILES string of the molecule is CCOC(=O)C1=C(CN2CCC[C@H](C(=O)OCC)C2)NC(=O)N[C@@H]1c1ccc(OC)c(COC)c1. The second-order valence-electron chi connectivity index (χ2n) is 8.47. The van der Waals surface area contributed by atoms with Crippen molar-refractivity contribution in [2.24, 2.45) is 5.92 Å². The third kappa shape index (κ3) is 6.52. The number of carbonyl (C=O) groups is 3. The first-order chi connectivity index (χ1) is 16.9. The van der Waals surface area contributed by atoms with Crippen molar-refractivity contribution in [2.75, 3.05) is 47.1 Å². The highest BCUT2D eigenvalue weighted by Gasteiger charge is 2.36. The minimum absolute atomic E-state index is 0.197. The Hall–Kier alpha value is -3.11. The maximum atomic E-state index is 13.1. The molecule has 2 heterocycles. The second kappa shape index (κ2) is 12.6. The number of hydrogen-bond donors (Lipinski definition) is 2. The molecule has 0 saturated carbocycles. The summed E-state index contributed by atoms with van der Waals surface area (Å²) in [5.74, 6) is -0.311. The van der Waals surface area contributed by atoms with Crippen molar-refractivity contribution in [3.8, 4) is 5.75 Å². The van der Waals surface area contributed by atoms with Crippen molar-refractivity contribution >= 4 is 18.0 Å². The summed E-state index contributed by atoms with van der Waals surface area (Å²) in [5, 5.41) is 5.66. The van der Waals surface area contributed by atoms with Crippen molar-refractivity contribution in [2.45, 2.75) is 39.3 Å². The van der Waals surface area contributed by atoms with Crippen LogP contribution in [0.1, 0.15) is 43.9 Å². The van der Waals surface area contributed by atoms with Crippen molar-refractivity contribution in [1.82, 2.24) is 15.5 Å². The summed E-state index contributed by atoms with van der Waals surface area (Å²) in [7, 11) is 3.16. The van der Waals surface area contributed by atoms with Gasteiger partial charge in [0.2, 0.25) is 0 Å². The number of rotatable bonds is 10. The summed E-state index contributed by atoms with van der Waals surface area (Å²) in [5.41, 5.74) is 2.29. The van der Waals surface area contributed by atoms with Crippen LogP contribution in [0.15, 0.2) is 29.5 Å². The number of amides is 2. The highest BCUT2D eigenvalue weighted by molar-refractivity contribution is 5.95. The molecule has 1 saturated heterocycles. The quantitative estimate of drug-likeness (QED) is 0.481. The first-order valence-electron chi connectivity index (χ1n) is 11.9. The number of nitrogens with zero attached hydrogens (tertiary/aromatic N) is 1. The number of methoxy groups -OCH3 is 2. The molecule has 1 aromatic carbocycles. The topological polar surface area (TPSA) is 115 Å². The van der Waals surface area contributed by atoms with Gasteiger partial charge in [-0.3, -0.25) is 9.69 Å². The van der Waals surface area contributed by atoms with Crippen LogP contribution < -0.4 is 15.4 Å². The van der Waals surface area contributed by atoms with E-state index in [0.29, 0.717) is 48.9 Å². The van der Waals surface area contributed by atoms with Crippen LogP contribution in [0.3, 0.4) is 0 Å². The van der Waals surface area contributed by atoms with E-state index in [2.05, 4.69) is 15.5 Å². The number of ether oxygens (including phenoxy) is 4. The lowest BCUT2D eigenvalue weighted by Crippen LogP contribution is -2.50. The molecule has 0 unspecified atom stereocenters. The van der Waals surface area contributed by atoms with Gasteiger partial charge in [0, 0.05) is 31.5 Å². The number of hydrogen-bond acceptors (Lipinski definition) is 8. The molecule has 2 amide bonds. The molecule has 0 bridgehead atoms. The Morgan fingerprint density at radius 1 is 1.14 bits per heavy atom. The second-order valence-corrected chi connectivity index (χ2v) is 8.47. The van der Waals surface area contributed by atoms with Gasteiger partial charge in [0.15, 0.2) is 0 Å². The molecule has 2 aliphatic heterocycles. The third-order valence-corrected chi connectivity index (χ3v) is 6.09. The Kier molecular flexibility index (Phi) is 9.50. The number of piperidine rings is 1. The zero-order valence-corrected chi connectivity index (χ0v) is 20.8. The van der Waals surface area contributed by atoms with Crippen molar-refractivity contribution in [3.05, 3.63) is 40.6 Å². The fourth-order valence-corrected chi connectivity index (χ4v) is 4.56. The summed E-state index contributed by atoms with van der Waals surface area (Å²) >= 11 is 0. The lowest BCUT2D eigenvalue weighted by atomic mass is 9.92. The van der Waals surface area contributed by atoms with Crippen LogP contribution in [0.2, 0.25) is 0 Å². The molecule has 1 aromatic rings. The average molecular weight is 490 g/mol. The molecule has 10 heteroatoms. The number of nitrogens with one attached hydrogen (secondary N) is 2. The van der Waals surface area contributed by atoms with E-state index in [4.69, 9.17) is 18.9 Å². The molecule has 1 fully saturated rings. The van der Waals surface area contributed by atoms with E-state index < -0.39 is 18.0 Å². The Labute approximate surface area is 205 Å². The Morgan fingerprint density at radius 2 is 1.91 bits per heavy atom. The first kappa shape index (κ1) is 26.5. The minimum Gasteiger partial charge on any atom is -0.496 e. The lowest BCUT2D eigenvalue weighted by Gasteiger charge is -2.35. The van der Waals surface area contributed by atoms with Gasteiger partial charge in [0.25, 0.3) is 0 Å². The fraction of sp³-hybridized carbons (Fsp3) is 0.560. The molecule has 2 aliphatic rings. The van der Waals surface area contributed by atoms with Crippen LogP contribution in [-0.2, 0) is 30.4 Å². The summed E-state index contributed by atoms with van der Waals surface area (Å²) in [6, 6.07) is 4.32. The van der Waals surface area contributed by atoms with Gasteiger partial charge in [-0.2, -0.15) is 0 Å². The van der Waals surface area contributed by atoms with Crippen LogP contribution >= 0.6 is 0 Å². The third-order valence-electron chi connectivity index (χ3n) is 6.09. The number of benzene rings is 1. The molecular weight excluding hydrogens is 454 g/mol. The predicted molar refractivity (Wildman–Crippen MR) is 128 cm³/mol. The Bertz CT molecular complexity index is 962. The Morgan fingerprint density at radius 3 is 2.60 bits per heavy atom. The van der Waals surface area contributed by atoms with E-state index >= 15 is 0 Å². The largest absolute Gasteiger partial charge is 0.496 e. The molecule has 3 rings (SSSR count). The lowest BCUT2D eigenvalue weighted by molar-refractivity contribution is -0.150. The molecule has 192 valence electrons. The highest BCUT2D eigenvalue weighted by Crippen LogP contribution is 2.32. The number of urea groups is 1. The average Bonchev–Trinajstić information content (AvgIpc) is 2.84. The number of likely N-dealkylation sites (tertiary alicyclic amines) is 1. The molecule has 0 aliphatic carbocycles. The van der Waals surface area contributed by atoms with E-state index in [0.717, 1.165) is 24.9 Å². The fourth-order valence-electron chi connectivity index (χ4n) is 4.56. The molecular formula is C25H35N3O7. The van der Waals surface area contributed by atoms with Gasteiger partial charge in [0.1, 0.15) is 5.75 Å². The van der Waals surface area contributed by atoms with Gasteiger partial charge in [-0.15, -0.1) is 0 Å². The van der Waals surface area contributed by atoms with Gasteiger partial charge < -0.3 is 29.6 Å². The van der Waals surface area contributed by atoms with E-state index in [1.807, 2.05) is 12.1 Å². The predicted octanol–water partition coefficient (Wildman–Crippen LogP) is 2.29. The highest BCUT2D eigenvalue weighted by atomic mass is 16.5. The maximum Gasteiger partial charge on any atom is 0.338 e. The summed E-state index contributed by atoms with van der Waals surface area (Å²) in [6.07, 6.45) is 1.57. The van der Waals surface area contributed by atoms with E-state index in [1.165, 1.54) is 0 Å². The first-order valence-corrected chi connectivity index (χ1v) is 11.9. The van der Waals surface area contributed by atoms with Crippen molar-refractivity contribution in [3.63, 3.8) is 0 Å². The molecule has 0 radical (unpaired) electrons. The zero-order valence-electron chi connectivity index (χ0n) is 20.8. The maximum absolute atomic E-state index is 13.1. The van der Waals surface area contributed by atoms with Crippen molar-refractivity contribution < 1.29 is 33.3 Å². The van der Waals surface area contributed by atoms with Crippen LogP contribution in [0.25, 0.3) is 0 Å². The van der Waals surface area contributed by atoms with Crippen LogP contribution in [0.4, 0.5) is 4.79 Å². The molecule has 0 aromatic heterocycles.